The van der Waals surface area contributed by atoms with Crippen molar-refractivity contribution in [2.24, 2.45) is 0 Å². The van der Waals surface area contributed by atoms with Gasteiger partial charge in [0, 0.05) is 5.02 Å². The molecule has 1 amide bonds. The Labute approximate surface area is 188 Å². The van der Waals surface area contributed by atoms with E-state index in [9.17, 15) is 4.79 Å². The molecule has 0 aliphatic rings. The first-order valence-corrected chi connectivity index (χ1v) is 10.7. The molecule has 1 heterocycles. The highest BCUT2D eigenvalue weighted by Gasteiger charge is 2.20. The Hall–Kier alpha value is -2.42. The van der Waals surface area contributed by atoms with E-state index in [1.54, 1.807) is 25.1 Å². The van der Waals surface area contributed by atoms with Crippen molar-refractivity contribution in [1.29, 1.82) is 0 Å². The van der Waals surface area contributed by atoms with E-state index in [1.165, 1.54) is 16.4 Å². The van der Waals surface area contributed by atoms with Gasteiger partial charge in [-0.3, -0.25) is 4.79 Å². The summed E-state index contributed by atoms with van der Waals surface area (Å²) in [5, 5.41) is 11.7. The van der Waals surface area contributed by atoms with Crippen molar-refractivity contribution in [3.63, 3.8) is 0 Å². The lowest BCUT2D eigenvalue weighted by Crippen LogP contribution is -2.24. The van der Waals surface area contributed by atoms with Crippen molar-refractivity contribution in [1.82, 2.24) is 14.9 Å². The summed E-state index contributed by atoms with van der Waals surface area (Å²) < 4.78 is 7.11. The largest absolute Gasteiger partial charge is 0.486 e. The number of benzene rings is 2. The van der Waals surface area contributed by atoms with Crippen LogP contribution in [0.15, 0.2) is 41.6 Å². The number of nitrogens with one attached hydrogen (secondary N) is 1. The molecule has 1 unspecified atom stereocenters. The third-order valence-corrected chi connectivity index (χ3v) is 5.76. The summed E-state index contributed by atoms with van der Waals surface area (Å²) in [7, 11) is 0. The number of nitrogen functional groups attached to an aromatic ring is 1. The van der Waals surface area contributed by atoms with Crippen LogP contribution in [-0.4, -0.2) is 26.0 Å². The molecule has 3 aromatic rings. The monoisotopic (exact) mass is 465 g/mol. The summed E-state index contributed by atoms with van der Waals surface area (Å²) in [5.74, 6) is 7.01. The van der Waals surface area contributed by atoms with Crippen molar-refractivity contribution < 1.29 is 9.53 Å². The molecule has 0 aliphatic heterocycles. The Kier molecular flexibility index (Phi) is 7.12. The summed E-state index contributed by atoms with van der Waals surface area (Å²) in [6.07, 6.45) is 0. The molecule has 3 N–H and O–H groups in total. The summed E-state index contributed by atoms with van der Waals surface area (Å²) in [6, 6.07) is 10.8. The van der Waals surface area contributed by atoms with Gasteiger partial charge in [-0.25, -0.2) is 4.68 Å². The van der Waals surface area contributed by atoms with Gasteiger partial charge in [0.05, 0.1) is 16.0 Å². The van der Waals surface area contributed by atoms with Crippen molar-refractivity contribution in [2.45, 2.75) is 37.8 Å². The predicted octanol–water partition coefficient (Wildman–Crippen LogP) is 4.61. The van der Waals surface area contributed by atoms with Gasteiger partial charge in [-0.2, -0.15) is 0 Å². The molecule has 0 saturated carbocycles. The number of hydrogen-bond acceptors (Lipinski definition) is 6. The summed E-state index contributed by atoms with van der Waals surface area (Å²) in [6.45, 7) is 5.90. The molecule has 0 spiro atoms. The van der Waals surface area contributed by atoms with Gasteiger partial charge in [-0.1, -0.05) is 41.0 Å². The molecule has 0 bridgehead atoms. The van der Waals surface area contributed by atoms with E-state index in [0.717, 1.165) is 16.9 Å². The standard InChI is InChI=1S/C20H21Cl2N5O2S/c1-11-6-12(2)8-15(7-11)29-10-18-25-26-20(27(18)23)30-13(3)19(28)24-17-9-14(21)4-5-16(17)22/h4-9,13H,10,23H2,1-3H3,(H,24,28). The first-order valence-electron chi connectivity index (χ1n) is 9.06. The fourth-order valence-corrected chi connectivity index (χ4v) is 3.82. The number of halogens is 2. The van der Waals surface area contributed by atoms with Crippen molar-refractivity contribution in [3.05, 3.63) is 63.4 Å². The van der Waals surface area contributed by atoms with Gasteiger partial charge in [0.2, 0.25) is 11.1 Å². The Morgan fingerprint density at radius 1 is 1.20 bits per heavy atom. The maximum Gasteiger partial charge on any atom is 0.237 e. The normalized spacial score (nSPS) is 11.9. The molecule has 10 heteroatoms. The Morgan fingerprint density at radius 2 is 1.90 bits per heavy atom. The van der Waals surface area contributed by atoms with Gasteiger partial charge in [0.15, 0.2) is 5.82 Å². The van der Waals surface area contributed by atoms with Crippen LogP contribution in [0.5, 0.6) is 5.75 Å². The van der Waals surface area contributed by atoms with Gasteiger partial charge in [-0.05, 0) is 62.2 Å². The molecule has 0 saturated heterocycles. The number of anilines is 1. The van der Waals surface area contributed by atoms with Crippen molar-refractivity contribution >= 4 is 46.6 Å². The highest BCUT2D eigenvalue weighted by Crippen LogP contribution is 2.27. The number of ether oxygens (including phenoxy) is 1. The number of amides is 1. The van der Waals surface area contributed by atoms with Crippen molar-refractivity contribution in [3.8, 4) is 5.75 Å². The SMILES string of the molecule is Cc1cc(C)cc(OCc2nnc(SC(C)C(=O)Nc3cc(Cl)ccc3Cl)n2N)c1. The zero-order chi connectivity index (χ0) is 21.8. The van der Waals surface area contributed by atoms with E-state index >= 15 is 0 Å². The second kappa shape index (κ2) is 9.59. The molecule has 0 fully saturated rings. The van der Waals surface area contributed by atoms with Gasteiger partial charge < -0.3 is 15.9 Å². The number of nitrogens with zero attached hydrogens (tertiary/aromatic N) is 3. The molecule has 3 rings (SSSR count). The molecule has 0 aliphatic carbocycles. The lowest BCUT2D eigenvalue weighted by molar-refractivity contribution is -0.115. The lowest BCUT2D eigenvalue weighted by Gasteiger charge is -2.13. The lowest BCUT2D eigenvalue weighted by atomic mass is 10.1. The van der Waals surface area contributed by atoms with E-state index in [0.29, 0.717) is 26.7 Å². The number of carbonyl (C=O) groups excluding carboxylic acids is 1. The van der Waals surface area contributed by atoms with Gasteiger partial charge >= 0.3 is 0 Å². The minimum Gasteiger partial charge on any atom is -0.486 e. The van der Waals surface area contributed by atoms with Crippen LogP contribution in [-0.2, 0) is 11.4 Å². The van der Waals surface area contributed by atoms with Crippen LogP contribution in [0.3, 0.4) is 0 Å². The third kappa shape index (κ3) is 5.59. The van der Waals surface area contributed by atoms with Crippen LogP contribution >= 0.6 is 35.0 Å². The highest BCUT2D eigenvalue weighted by molar-refractivity contribution is 8.00. The van der Waals surface area contributed by atoms with E-state index in [1.807, 2.05) is 26.0 Å². The van der Waals surface area contributed by atoms with Crippen LogP contribution in [0.1, 0.15) is 23.9 Å². The average molecular weight is 466 g/mol. The molecule has 158 valence electrons. The summed E-state index contributed by atoms with van der Waals surface area (Å²) >= 11 is 13.2. The van der Waals surface area contributed by atoms with E-state index in [-0.39, 0.29) is 12.5 Å². The van der Waals surface area contributed by atoms with Crippen LogP contribution in [0, 0.1) is 13.8 Å². The van der Waals surface area contributed by atoms with E-state index in [2.05, 4.69) is 21.6 Å². The first kappa shape index (κ1) is 22.3. The van der Waals surface area contributed by atoms with E-state index < -0.39 is 5.25 Å². The number of thioether (sulfide) groups is 1. The van der Waals surface area contributed by atoms with Gasteiger partial charge in [-0.15, -0.1) is 10.2 Å². The Bertz CT molecular complexity index is 1050. The number of nitrogens with two attached hydrogens (primary N) is 1. The maximum atomic E-state index is 12.5. The molecule has 1 aromatic heterocycles. The molecular weight excluding hydrogens is 445 g/mol. The quantitative estimate of drug-likeness (QED) is 0.390. The first-order chi connectivity index (χ1) is 14.2. The second-order valence-corrected chi connectivity index (χ2v) is 8.91. The average Bonchev–Trinajstić information content (AvgIpc) is 3.02. The molecule has 0 radical (unpaired) electrons. The highest BCUT2D eigenvalue weighted by atomic mass is 35.5. The maximum absolute atomic E-state index is 12.5. The van der Waals surface area contributed by atoms with Crippen LogP contribution in [0.25, 0.3) is 0 Å². The van der Waals surface area contributed by atoms with Crippen LogP contribution in [0.2, 0.25) is 10.0 Å². The fourth-order valence-electron chi connectivity index (χ4n) is 2.69. The Balaban J connectivity index is 1.62. The zero-order valence-electron chi connectivity index (χ0n) is 16.6. The minimum absolute atomic E-state index is 0.158. The predicted molar refractivity (Wildman–Crippen MR) is 121 cm³/mol. The van der Waals surface area contributed by atoms with Gasteiger partial charge in [0.1, 0.15) is 12.4 Å². The third-order valence-electron chi connectivity index (χ3n) is 4.14. The number of carbonyl (C=O) groups is 1. The van der Waals surface area contributed by atoms with Crippen LogP contribution < -0.4 is 15.9 Å². The molecule has 2 aromatic carbocycles. The summed E-state index contributed by atoms with van der Waals surface area (Å²) in [4.78, 5) is 12.5. The zero-order valence-corrected chi connectivity index (χ0v) is 19.0. The van der Waals surface area contributed by atoms with E-state index in [4.69, 9.17) is 33.8 Å². The second-order valence-electron chi connectivity index (χ2n) is 6.75. The van der Waals surface area contributed by atoms with Crippen LogP contribution in [0.4, 0.5) is 5.69 Å². The smallest absolute Gasteiger partial charge is 0.237 e. The molecule has 1 atom stereocenters. The number of aryl methyl sites for hydroxylation is 2. The summed E-state index contributed by atoms with van der Waals surface area (Å²) in [5.41, 5.74) is 2.66. The van der Waals surface area contributed by atoms with Gasteiger partial charge in [0.25, 0.3) is 0 Å². The molecular formula is C20H21Cl2N5O2S. The molecule has 30 heavy (non-hydrogen) atoms. The number of hydrogen-bond donors (Lipinski definition) is 2. The topological polar surface area (TPSA) is 95.1 Å². The molecule has 7 nitrogen and oxygen atoms in total. The van der Waals surface area contributed by atoms with Crippen molar-refractivity contribution in [2.75, 3.05) is 11.2 Å². The number of rotatable bonds is 7. The number of aromatic nitrogens is 3. The minimum atomic E-state index is -0.500. The Morgan fingerprint density at radius 3 is 2.60 bits per heavy atom. The fraction of sp³-hybridized carbons (Fsp3) is 0.250.